The highest BCUT2D eigenvalue weighted by atomic mass is 35.5. The molecule has 0 atom stereocenters. The topological polar surface area (TPSA) is 54.3 Å². The number of aromatic nitrogens is 1. The molecule has 1 amide bonds. The summed E-state index contributed by atoms with van der Waals surface area (Å²) in [6.07, 6.45) is 9.36. The van der Waals surface area contributed by atoms with Gasteiger partial charge in [0.25, 0.3) is 5.91 Å². The number of hydrogen-bond acceptors (Lipinski definition) is 2. The number of rotatable bonds is 5. The number of carbonyl (C=O) groups excluding carboxylic acids is 1. The van der Waals surface area contributed by atoms with E-state index in [2.05, 4.69) is 5.32 Å². The van der Waals surface area contributed by atoms with E-state index < -0.39 is 0 Å². The van der Waals surface area contributed by atoms with Crippen LogP contribution < -0.4 is 5.32 Å². The van der Waals surface area contributed by atoms with Crippen LogP contribution in [-0.2, 0) is 6.54 Å². The van der Waals surface area contributed by atoms with Gasteiger partial charge in [0.1, 0.15) is 0 Å². The number of hydrogen-bond donors (Lipinski definition) is 2. The molecule has 3 rings (SSSR count). The van der Waals surface area contributed by atoms with Crippen LogP contribution in [-0.4, -0.2) is 28.7 Å². The summed E-state index contributed by atoms with van der Waals surface area (Å²) < 4.78 is 1.89. The lowest BCUT2D eigenvalue weighted by Gasteiger charge is -2.14. The highest BCUT2D eigenvalue weighted by Gasteiger charge is 2.19. The van der Waals surface area contributed by atoms with Gasteiger partial charge in [-0.1, -0.05) is 43.4 Å². The van der Waals surface area contributed by atoms with E-state index in [0.29, 0.717) is 23.0 Å². The van der Waals surface area contributed by atoms with Crippen molar-refractivity contribution in [2.45, 2.75) is 45.1 Å². The standard InChI is InChI=1S/C19H25ClN2O2/c20-16-8-5-9-17-18(16)15(13-22(17)10-11-23)19(24)21-12-14-6-3-1-2-4-7-14/h5,8-9,13-14,23H,1-4,6-7,10-12H2,(H,21,24). The van der Waals surface area contributed by atoms with Gasteiger partial charge < -0.3 is 15.0 Å². The lowest BCUT2D eigenvalue weighted by atomic mass is 10.0. The van der Waals surface area contributed by atoms with Crippen LogP contribution >= 0.6 is 11.6 Å². The molecular weight excluding hydrogens is 324 g/mol. The second-order valence-electron chi connectivity index (χ2n) is 6.66. The summed E-state index contributed by atoms with van der Waals surface area (Å²) >= 11 is 6.33. The Balaban J connectivity index is 1.78. The van der Waals surface area contributed by atoms with Crippen LogP contribution in [0.25, 0.3) is 10.9 Å². The summed E-state index contributed by atoms with van der Waals surface area (Å²) in [6, 6.07) is 5.60. The third-order valence-electron chi connectivity index (χ3n) is 4.97. The molecule has 0 radical (unpaired) electrons. The minimum atomic E-state index is -0.0750. The molecule has 130 valence electrons. The van der Waals surface area contributed by atoms with Gasteiger partial charge >= 0.3 is 0 Å². The largest absolute Gasteiger partial charge is 0.395 e. The molecule has 1 aliphatic carbocycles. The normalized spacial score (nSPS) is 16.2. The van der Waals surface area contributed by atoms with Crippen molar-refractivity contribution in [2.24, 2.45) is 5.92 Å². The van der Waals surface area contributed by atoms with E-state index in [1.54, 1.807) is 12.3 Å². The average molecular weight is 349 g/mol. The molecule has 1 saturated carbocycles. The van der Waals surface area contributed by atoms with Crippen molar-refractivity contribution in [3.8, 4) is 0 Å². The van der Waals surface area contributed by atoms with Crippen molar-refractivity contribution in [1.29, 1.82) is 0 Å². The summed E-state index contributed by atoms with van der Waals surface area (Å²) in [5.74, 6) is 0.506. The number of nitrogens with one attached hydrogen (secondary N) is 1. The van der Waals surface area contributed by atoms with E-state index in [1.165, 1.54) is 38.5 Å². The van der Waals surface area contributed by atoms with E-state index in [-0.39, 0.29) is 12.5 Å². The first-order valence-corrected chi connectivity index (χ1v) is 9.25. The van der Waals surface area contributed by atoms with E-state index >= 15 is 0 Å². The molecule has 1 aromatic heterocycles. The maximum Gasteiger partial charge on any atom is 0.253 e. The fourth-order valence-electron chi connectivity index (χ4n) is 3.67. The Morgan fingerprint density at radius 3 is 2.71 bits per heavy atom. The Hall–Kier alpha value is -1.52. The van der Waals surface area contributed by atoms with Gasteiger partial charge in [-0.2, -0.15) is 0 Å². The zero-order valence-corrected chi connectivity index (χ0v) is 14.7. The minimum Gasteiger partial charge on any atom is -0.395 e. The number of nitrogens with zero attached hydrogens (tertiary/aromatic N) is 1. The monoisotopic (exact) mass is 348 g/mol. The summed E-state index contributed by atoms with van der Waals surface area (Å²) in [6.45, 7) is 1.21. The molecule has 1 fully saturated rings. The van der Waals surface area contributed by atoms with Crippen LogP contribution in [0.3, 0.4) is 0 Å². The molecule has 1 aliphatic rings. The number of fused-ring (bicyclic) bond motifs is 1. The fraction of sp³-hybridized carbons (Fsp3) is 0.526. The minimum absolute atomic E-state index is 0.0272. The van der Waals surface area contributed by atoms with Gasteiger partial charge in [0.05, 0.1) is 22.7 Å². The molecule has 0 aliphatic heterocycles. The van der Waals surface area contributed by atoms with E-state index in [4.69, 9.17) is 11.6 Å². The van der Waals surface area contributed by atoms with Gasteiger partial charge in [-0.25, -0.2) is 0 Å². The summed E-state index contributed by atoms with van der Waals surface area (Å²) in [4.78, 5) is 12.7. The summed E-state index contributed by atoms with van der Waals surface area (Å²) in [7, 11) is 0. The van der Waals surface area contributed by atoms with E-state index in [9.17, 15) is 9.90 Å². The summed E-state index contributed by atoms with van der Waals surface area (Å²) in [5.41, 5.74) is 1.48. The molecule has 1 heterocycles. The maximum absolute atomic E-state index is 12.7. The molecule has 1 aromatic carbocycles. The maximum atomic E-state index is 12.7. The molecular formula is C19H25ClN2O2. The van der Waals surface area contributed by atoms with Crippen LogP contribution in [0.2, 0.25) is 5.02 Å². The van der Waals surface area contributed by atoms with Crippen LogP contribution in [0.4, 0.5) is 0 Å². The van der Waals surface area contributed by atoms with E-state index in [0.717, 1.165) is 17.4 Å². The quantitative estimate of drug-likeness (QED) is 0.803. The predicted molar refractivity (Wildman–Crippen MR) is 97.6 cm³/mol. The SMILES string of the molecule is O=C(NCC1CCCCCC1)c1cn(CCO)c2cccc(Cl)c12. The zero-order valence-electron chi connectivity index (χ0n) is 13.9. The fourth-order valence-corrected chi connectivity index (χ4v) is 3.95. The molecule has 24 heavy (non-hydrogen) atoms. The highest BCUT2D eigenvalue weighted by Crippen LogP contribution is 2.29. The highest BCUT2D eigenvalue weighted by molar-refractivity contribution is 6.36. The Morgan fingerprint density at radius 2 is 2.00 bits per heavy atom. The van der Waals surface area contributed by atoms with Gasteiger partial charge in [-0.05, 0) is 30.9 Å². The van der Waals surface area contributed by atoms with Crippen LogP contribution in [0.1, 0.15) is 48.9 Å². The second kappa shape index (κ2) is 8.04. The van der Waals surface area contributed by atoms with Crippen LogP contribution in [0.15, 0.2) is 24.4 Å². The molecule has 0 saturated heterocycles. The Bertz CT molecular complexity index is 703. The van der Waals surface area contributed by atoms with Crippen molar-refractivity contribution >= 4 is 28.4 Å². The Morgan fingerprint density at radius 1 is 1.25 bits per heavy atom. The van der Waals surface area contributed by atoms with Gasteiger partial charge in [0.2, 0.25) is 0 Å². The van der Waals surface area contributed by atoms with Crippen molar-refractivity contribution in [3.05, 3.63) is 35.0 Å². The summed E-state index contributed by atoms with van der Waals surface area (Å²) in [5, 5.41) is 13.7. The first kappa shape index (κ1) is 17.3. The molecule has 0 bridgehead atoms. The van der Waals surface area contributed by atoms with Crippen molar-refractivity contribution in [1.82, 2.24) is 9.88 Å². The smallest absolute Gasteiger partial charge is 0.253 e. The number of aliphatic hydroxyl groups is 1. The molecule has 2 N–H and O–H groups in total. The van der Waals surface area contributed by atoms with Crippen molar-refractivity contribution < 1.29 is 9.90 Å². The molecule has 2 aromatic rings. The van der Waals surface area contributed by atoms with E-state index in [1.807, 2.05) is 16.7 Å². The number of benzene rings is 1. The molecule has 4 nitrogen and oxygen atoms in total. The molecule has 5 heteroatoms. The average Bonchev–Trinajstić information content (AvgIpc) is 2.77. The number of halogens is 1. The third kappa shape index (κ3) is 3.76. The van der Waals surface area contributed by atoms with Crippen molar-refractivity contribution in [3.63, 3.8) is 0 Å². The van der Waals surface area contributed by atoms with Gasteiger partial charge in [-0.3, -0.25) is 4.79 Å². The molecule has 0 spiro atoms. The van der Waals surface area contributed by atoms with Gasteiger partial charge in [-0.15, -0.1) is 0 Å². The lowest BCUT2D eigenvalue weighted by molar-refractivity contribution is 0.0947. The first-order valence-electron chi connectivity index (χ1n) is 8.87. The van der Waals surface area contributed by atoms with Gasteiger partial charge in [0.15, 0.2) is 0 Å². The zero-order chi connectivity index (χ0) is 16.9. The van der Waals surface area contributed by atoms with Crippen molar-refractivity contribution in [2.75, 3.05) is 13.2 Å². The Labute approximate surface area is 147 Å². The molecule has 0 unspecified atom stereocenters. The third-order valence-corrected chi connectivity index (χ3v) is 5.28. The lowest BCUT2D eigenvalue weighted by Crippen LogP contribution is -2.29. The van der Waals surface area contributed by atoms with Crippen LogP contribution in [0, 0.1) is 5.92 Å². The number of aliphatic hydroxyl groups excluding tert-OH is 1. The van der Waals surface area contributed by atoms with Crippen LogP contribution in [0.5, 0.6) is 0 Å². The number of amides is 1. The Kier molecular flexibility index (Phi) is 5.80. The number of carbonyl (C=O) groups is 1. The van der Waals surface area contributed by atoms with Gasteiger partial charge in [0, 0.05) is 24.7 Å². The first-order chi connectivity index (χ1) is 11.7. The second-order valence-corrected chi connectivity index (χ2v) is 7.07. The predicted octanol–water partition coefficient (Wildman–Crippen LogP) is 3.99.